The van der Waals surface area contributed by atoms with E-state index in [0.717, 1.165) is 18.7 Å². The molecule has 2 aromatic rings. The number of carboxylic acid groups (broad SMARTS) is 2. The van der Waals surface area contributed by atoms with Crippen LogP contribution >= 0.6 is 0 Å². The molecule has 0 spiro atoms. The Bertz CT molecular complexity index is 862. The molecule has 1 aliphatic heterocycles. The number of carbonyl (C=O) groups excluding carboxylic acids is 2. The van der Waals surface area contributed by atoms with Gasteiger partial charge >= 0.3 is 0 Å². The number of hydrogen-bond donors (Lipinski definition) is 1. The summed E-state index contributed by atoms with van der Waals surface area (Å²) in [6.07, 6.45) is 2.31. The van der Waals surface area contributed by atoms with Gasteiger partial charge in [-0.2, -0.15) is 0 Å². The number of aliphatic carboxylic acids is 2. The van der Waals surface area contributed by atoms with Crippen molar-refractivity contribution < 1.29 is 29.4 Å². The third-order valence-electron chi connectivity index (χ3n) is 5.55. The van der Waals surface area contributed by atoms with Crippen LogP contribution in [0.5, 0.6) is 5.75 Å². The molecular weight excluding hydrogens is 382 g/mol. The molecule has 30 heavy (non-hydrogen) atoms. The molecule has 0 aromatic heterocycles. The predicted molar refractivity (Wildman–Crippen MR) is 109 cm³/mol. The average molecular weight is 410 g/mol. The van der Waals surface area contributed by atoms with Crippen LogP contribution in [0.1, 0.15) is 31.4 Å². The third kappa shape index (κ3) is 6.74. The van der Waals surface area contributed by atoms with Gasteiger partial charge in [0.15, 0.2) is 0 Å². The van der Waals surface area contributed by atoms with E-state index in [9.17, 15) is 0 Å². The highest BCUT2D eigenvalue weighted by Gasteiger charge is 2.29. The molecule has 2 atom stereocenters. The summed E-state index contributed by atoms with van der Waals surface area (Å²) >= 11 is 0. The number of ether oxygens (including phenoxy) is 1. The summed E-state index contributed by atoms with van der Waals surface area (Å²) in [5.41, 5.74) is 5.97. The zero-order valence-corrected chi connectivity index (χ0v) is 17.6. The highest BCUT2D eigenvalue weighted by molar-refractivity contribution is 6.25. The monoisotopic (exact) mass is 410 g/mol. The summed E-state index contributed by atoms with van der Waals surface area (Å²) < 4.78 is 5.28. The van der Waals surface area contributed by atoms with Gasteiger partial charge in [-0.15, -0.1) is 0 Å². The standard InChI is InChI=1S/C22H27NO.C2H2O4/c1-17-13-14-23(16-20-7-5-4-6-8-20)22(18(17)2)15-19-9-11-21(24-3)12-10-19;3-1(4)2(5)6/h4-12,22H,13-16H2,1-3H3;(H,3,4)(H,5,6)/p-1. The zero-order valence-electron chi connectivity index (χ0n) is 17.6. The van der Waals surface area contributed by atoms with Crippen LogP contribution in [0, 0.1) is 0 Å². The molecule has 0 aliphatic carbocycles. The van der Waals surface area contributed by atoms with Gasteiger partial charge in [0.05, 0.1) is 25.6 Å². The minimum absolute atomic E-state index is 0.562. The van der Waals surface area contributed by atoms with Crippen LogP contribution < -0.4 is 19.8 Å². The number of rotatable bonds is 5. The number of carboxylic acids is 2. The largest absolute Gasteiger partial charge is 0.543 e. The zero-order chi connectivity index (χ0) is 22.1. The Morgan fingerprint density at radius 2 is 1.57 bits per heavy atom. The van der Waals surface area contributed by atoms with Crippen molar-refractivity contribution in [1.29, 1.82) is 0 Å². The maximum absolute atomic E-state index is 8.93. The van der Waals surface area contributed by atoms with Crippen LogP contribution in [0.4, 0.5) is 0 Å². The van der Waals surface area contributed by atoms with E-state index in [0.29, 0.717) is 6.04 Å². The average Bonchev–Trinajstić information content (AvgIpc) is 2.75. The van der Waals surface area contributed by atoms with Crippen molar-refractivity contribution in [3.63, 3.8) is 0 Å². The highest BCUT2D eigenvalue weighted by atomic mass is 16.5. The minimum Gasteiger partial charge on any atom is -0.543 e. The summed E-state index contributed by atoms with van der Waals surface area (Å²) in [6.45, 7) is 6.95. The van der Waals surface area contributed by atoms with Crippen LogP contribution in [0.15, 0.2) is 65.7 Å². The van der Waals surface area contributed by atoms with Gasteiger partial charge in [-0.25, -0.2) is 0 Å². The molecule has 0 radical (unpaired) electrons. The molecule has 1 N–H and O–H groups in total. The van der Waals surface area contributed by atoms with Crippen molar-refractivity contribution in [2.24, 2.45) is 0 Å². The van der Waals surface area contributed by atoms with Crippen molar-refractivity contribution in [1.82, 2.24) is 0 Å². The molecule has 2 aromatic carbocycles. The second-order valence-electron chi connectivity index (χ2n) is 7.46. The Morgan fingerprint density at radius 1 is 0.967 bits per heavy atom. The van der Waals surface area contributed by atoms with Gasteiger partial charge in [0, 0.05) is 18.4 Å². The molecule has 2 unspecified atom stereocenters. The van der Waals surface area contributed by atoms with E-state index in [4.69, 9.17) is 24.5 Å². The lowest BCUT2D eigenvalue weighted by Gasteiger charge is -2.34. The number of nitrogens with one attached hydrogen (secondary N) is 1. The highest BCUT2D eigenvalue weighted by Crippen LogP contribution is 2.19. The Labute approximate surface area is 177 Å². The molecule has 1 heterocycles. The molecule has 0 fully saturated rings. The maximum atomic E-state index is 8.93. The summed E-state index contributed by atoms with van der Waals surface area (Å²) in [6, 6.07) is 20.0. The number of quaternary nitrogens is 1. The number of carbonyl (C=O) groups is 2. The second-order valence-corrected chi connectivity index (χ2v) is 7.46. The third-order valence-corrected chi connectivity index (χ3v) is 5.55. The van der Waals surface area contributed by atoms with Crippen molar-refractivity contribution in [3.8, 4) is 5.75 Å². The lowest BCUT2D eigenvalue weighted by atomic mass is 9.90. The van der Waals surface area contributed by atoms with Gasteiger partial charge in [0.2, 0.25) is 0 Å². The normalized spacial score (nSPS) is 18.2. The Kier molecular flexibility index (Phi) is 8.62. The SMILES string of the molecule is COc1ccc(CC2C(C)=C(C)CC[NH+]2Cc2ccccc2)cc1.O=C([O-])C(=O)[O-]. The van der Waals surface area contributed by atoms with Crippen LogP contribution in [0.2, 0.25) is 0 Å². The fourth-order valence-electron chi connectivity index (χ4n) is 3.69. The maximum Gasteiger partial charge on any atom is 0.118 e. The molecule has 1 aliphatic rings. The van der Waals surface area contributed by atoms with Crippen molar-refractivity contribution in [2.75, 3.05) is 13.7 Å². The van der Waals surface area contributed by atoms with Gasteiger partial charge in [-0.05, 0) is 37.1 Å². The Hall–Kier alpha value is -3.12. The van der Waals surface area contributed by atoms with E-state index in [-0.39, 0.29) is 0 Å². The lowest BCUT2D eigenvalue weighted by molar-refractivity contribution is -0.935. The number of methoxy groups -OCH3 is 1. The van der Waals surface area contributed by atoms with E-state index >= 15 is 0 Å². The van der Waals surface area contributed by atoms with E-state index in [1.165, 1.54) is 24.1 Å². The van der Waals surface area contributed by atoms with Crippen LogP contribution in [0.3, 0.4) is 0 Å². The molecule has 6 heteroatoms. The predicted octanol–water partition coefficient (Wildman–Crippen LogP) is -0.0823. The fraction of sp³-hybridized carbons (Fsp3) is 0.333. The van der Waals surface area contributed by atoms with Gasteiger partial charge < -0.3 is 29.4 Å². The lowest BCUT2D eigenvalue weighted by Crippen LogP contribution is -3.15. The smallest absolute Gasteiger partial charge is 0.118 e. The van der Waals surface area contributed by atoms with Gasteiger partial charge in [-0.3, -0.25) is 0 Å². The first-order valence-corrected chi connectivity index (χ1v) is 9.91. The van der Waals surface area contributed by atoms with E-state index in [1.54, 1.807) is 23.2 Å². The molecule has 0 saturated carbocycles. The molecule has 3 rings (SSSR count). The first kappa shape index (κ1) is 23.2. The quantitative estimate of drug-likeness (QED) is 0.550. The first-order valence-electron chi connectivity index (χ1n) is 9.91. The summed E-state index contributed by atoms with van der Waals surface area (Å²) in [5.74, 6) is -3.44. The summed E-state index contributed by atoms with van der Waals surface area (Å²) in [4.78, 5) is 19.5. The van der Waals surface area contributed by atoms with Gasteiger partial charge in [0.25, 0.3) is 0 Å². The molecule has 0 amide bonds. The molecular formula is C24H28NO5-. The van der Waals surface area contributed by atoms with E-state index in [1.807, 2.05) is 0 Å². The molecule has 0 bridgehead atoms. The van der Waals surface area contributed by atoms with Gasteiger partial charge in [-0.1, -0.05) is 48.0 Å². The minimum atomic E-state index is -2.19. The summed E-state index contributed by atoms with van der Waals surface area (Å²) in [5, 5.41) is 17.9. The van der Waals surface area contributed by atoms with E-state index in [2.05, 4.69) is 68.4 Å². The second kappa shape index (κ2) is 11.2. The van der Waals surface area contributed by atoms with Crippen molar-refractivity contribution in [2.45, 2.75) is 39.3 Å². The molecule has 0 saturated heterocycles. The number of benzene rings is 2. The van der Waals surface area contributed by atoms with E-state index < -0.39 is 11.9 Å². The van der Waals surface area contributed by atoms with Crippen LogP contribution in [-0.4, -0.2) is 31.6 Å². The molecule has 6 nitrogen and oxygen atoms in total. The summed E-state index contributed by atoms with van der Waals surface area (Å²) in [7, 11) is 1.72. The topological polar surface area (TPSA) is 93.9 Å². The Morgan fingerprint density at radius 3 is 2.10 bits per heavy atom. The van der Waals surface area contributed by atoms with Crippen molar-refractivity contribution in [3.05, 3.63) is 76.9 Å². The fourth-order valence-corrected chi connectivity index (χ4v) is 3.69. The Balaban J connectivity index is 0.000000469. The van der Waals surface area contributed by atoms with Crippen LogP contribution in [0.25, 0.3) is 0 Å². The number of hydrogen-bond acceptors (Lipinski definition) is 5. The molecule has 160 valence electrons. The van der Waals surface area contributed by atoms with Crippen LogP contribution in [-0.2, 0) is 22.6 Å². The van der Waals surface area contributed by atoms with Crippen molar-refractivity contribution >= 4 is 11.9 Å². The first-order chi connectivity index (χ1) is 14.3. The van der Waals surface area contributed by atoms with Gasteiger partial charge in [0.1, 0.15) is 18.3 Å².